The van der Waals surface area contributed by atoms with Gasteiger partial charge in [-0.3, -0.25) is 4.79 Å². The molecular weight excluding hydrogens is 386 g/mol. The lowest BCUT2D eigenvalue weighted by molar-refractivity contribution is 0.102. The summed E-state index contributed by atoms with van der Waals surface area (Å²) in [6, 6.07) is 27.3. The van der Waals surface area contributed by atoms with Gasteiger partial charge < -0.3 is 14.8 Å². The Bertz CT molecular complexity index is 1190. The minimum Gasteiger partial charge on any atom is -0.496 e. The second-order valence-electron chi connectivity index (χ2n) is 7.30. The number of aryl methyl sites for hydroxylation is 1. The quantitative estimate of drug-likeness (QED) is 0.391. The Balaban J connectivity index is 1.53. The van der Waals surface area contributed by atoms with Crippen molar-refractivity contribution in [2.45, 2.75) is 20.0 Å². The summed E-state index contributed by atoms with van der Waals surface area (Å²) >= 11 is 0. The van der Waals surface area contributed by atoms with Crippen molar-refractivity contribution in [3.05, 3.63) is 102 Å². The fraction of sp³-hybridized carbons (Fsp3) is 0.148. The molecular formula is C27H25NO3. The molecule has 0 spiro atoms. The van der Waals surface area contributed by atoms with E-state index in [1.54, 1.807) is 19.2 Å². The Kier molecular flexibility index (Phi) is 6.18. The number of carbonyl (C=O) groups excluding carboxylic acids is 1. The summed E-state index contributed by atoms with van der Waals surface area (Å²) in [5, 5.41) is 5.12. The molecule has 0 radical (unpaired) electrons. The molecule has 1 amide bonds. The van der Waals surface area contributed by atoms with Crippen LogP contribution in [0.25, 0.3) is 10.8 Å². The van der Waals surface area contributed by atoms with E-state index in [0.717, 1.165) is 34.2 Å². The average molecular weight is 412 g/mol. The minimum atomic E-state index is -0.168. The van der Waals surface area contributed by atoms with E-state index < -0.39 is 0 Å². The maximum atomic E-state index is 12.8. The Hall–Kier alpha value is -3.79. The lowest BCUT2D eigenvalue weighted by Crippen LogP contribution is -2.13. The zero-order chi connectivity index (χ0) is 21.6. The van der Waals surface area contributed by atoms with Crippen LogP contribution in [0.3, 0.4) is 0 Å². The lowest BCUT2D eigenvalue weighted by Gasteiger charge is -2.14. The number of fused-ring (bicyclic) bond motifs is 1. The van der Waals surface area contributed by atoms with Crippen LogP contribution in [0.5, 0.6) is 11.5 Å². The van der Waals surface area contributed by atoms with Gasteiger partial charge in [0.15, 0.2) is 0 Å². The number of amides is 1. The van der Waals surface area contributed by atoms with Crippen LogP contribution in [0.15, 0.2) is 84.9 Å². The summed E-state index contributed by atoms with van der Waals surface area (Å²) in [6.07, 6.45) is 0.965. The first-order valence-corrected chi connectivity index (χ1v) is 10.4. The van der Waals surface area contributed by atoms with Crippen molar-refractivity contribution in [1.29, 1.82) is 0 Å². The Morgan fingerprint density at radius 2 is 1.65 bits per heavy atom. The van der Waals surface area contributed by atoms with E-state index in [-0.39, 0.29) is 5.91 Å². The standard InChI is InChI=1S/C27H25NO3/c1-3-19-11-14-23(15-12-19)28-27(29)21-13-16-25(30-2)22(17-21)18-31-26-10-6-8-20-7-4-5-9-24(20)26/h4-17H,3,18H2,1-2H3,(H,28,29). The molecule has 0 heterocycles. The predicted octanol–water partition coefficient (Wildman–Crippen LogP) is 6.24. The van der Waals surface area contributed by atoms with Crippen molar-refractivity contribution < 1.29 is 14.3 Å². The summed E-state index contributed by atoms with van der Waals surface area (Å²) in [5.41, 5.74) is 3.36. The van der Waals surface area contributed by atoms with Crippen LogP contribution in [0.2, 0.25) is 0 Å². The Labute approximate surface area is 182 Å². The molecule has 4 nitrogen and oxygen atoms in total. The van der Waals surface area contributed by atoms with Gasteiger partial charge in [0.25, 0.3) is 5.91 Å². The number of nitrogens with one attached hydrogen (secondary N) is 1. The van der Waals surface area contributed by atoms with Crippen LogP contribution in [0, 0.1) is 0 Å². The number of hydrogen-bond donors (Lipinski definition) is 1. The molecule has 4 heteroatoms. The minimum absolute atomic E-state index is 0.168. The molecule has 0 aliphatic rings. The number of hydrogen-bond acceptors (Lipinski definition) is 3. The highest BCUT2D eigenvalue weighted by Crippen LogP contribution is 2.28. The van der Waals surface area contributed by atoms with Gasteiger partial charge in [0, 0.05) is 22.2 Å². The fourth-order valence-electron chi connectivity index (χ4n) is 3.54. The van der Waals surface area contributed by atoms with Crippen molar-refractivity contribution in [3.63, 3.8) is 0 Å². The molecule has 156 valence electrons. The van der Waals surface area contributed by atoms with E-state index in [1.807, 2.05) is 60.7 Å². The van der Waals surface area contributed by atoms with E-state index in [2.05, 4.69) is 24.4 Å². The normalized spacial score (nSPS) is 10.6. The van der Waals surface area contributed by atoms with Crippen molar-refractivity contribution in [1.82, 2.24) is 0 Å². The molecule has 0 saturated carbocycles. The number of benzene rings is 4. The van der Waals surface area contributed by atoms with Crippen molar-refractivity contribution >= 4 is 22.4 Å². The van der Waals surface area contributed by atoms with Gasteiger partial charge in [-0.15, -0.1) is 0 Å². The summed E-state index contributed by atoms with van der Waals surface area (Å²) in [5.74, 6) is 1.31. The molecule has 0 aromatic heterocycles. The number of anilines is 1. The summed E-state index contributed by atoms with van der Waals surface area (Å²) in [4.78, 5) is 12.8. The van der Waals surface area contributed by atoms with Gasteiger partial charge in [-0.2, -0.15) is 0 Å². The van der Waals surface area contributed by atoms with Crippen LogP contribution in [-0.2, 0) is 13.0 Å². The van der Waals surface area contributed by atoms with Crippen LogP contribution < -0.4 is 14.8 Å². The Morgan fingerprint density at radius 1 is 0.871 bits per heavy atom. The molecule has 4 aromatic rings. The highest BCUT2D eigenvalue weighted by Gasteiger charge is 2.12. The molecule has 0 atom stereocenters. The largest absolute Gasteiger partial charge is 0.496 e. The number of carbonyl (C=O) groups is 1. The number of ether oxygens (including phenoxy) is 2. The molecule has 4 aromatic carbocycles. The molecule has 0 bridgehead atoms. The summed E-state index contributed by atoms with van der Waals surface area (Å²) in [7, 11) is 1.62. The van der Waals surface area contributed by atoms with Gasteiger partial charge >= 0.3 is 0 Å². The van der Waals surface area contributed by atoms with Crippen LogP contribution in [0.4, 0.5) is 5.69 Å². The van der Waals surface area contributed by atoms with E-state index in [1.165, 1.54) is 5.56 Å². The summed E-state index contributed by atoms with van der Waals surface area (Å²) < 4.78 is 11.6. The molecule has 31 heavy (non-hydrogen) atoms. The van der Waals surface area contributed by atoms with Crippen LogP contribution in [0.1, 0.15) is 28.4 Å². The number of methoxy groups -OCH3 is 1. The van der Waals surface area contributed by atoms with E-state index in [0.29, 0.717) is 17.9 Å². The topological polar surface area (TPSA) is 47.6 Å². The molecule has 4 rings (SSSR count). The first-order chi connectivity index (χ1) is 15.2. The second kappa shape index (κ2) is 9.35. The zero-order valence-corrected chi connectivity index (χ0v) is 17.7. The van der Waals surface area contributed by atoms with Gasteiger partial charge in [-0.25, -0.2) is 0 Å². The third-order valence-electron chi connectivity index (χ3n) is 5.30. The van der Waals surface area contributed by atoms with Gasteiger partial charge in [0.1, 0.15) is 18.1 Å². The van der Waals surface area contributed by atoms with Crippen molar-refractivity contribution in [3.8, 4) is 11.5 Å². The third kappa shape index (κ3) is 4.69. The number of rotatable bonds is 7. The SMILES string of the molecule is CCc1ccc(NC(=O)c2ccc(OC)c(COc3cccc4ccccc34)c2)cc1. The van der Waals surface area contributed by atoms with E-state index in [4.69, 9.17) is 9.47 Å². The third-order valence-corrected chi connectivity index (χ3v) is 5.30. The molecule has 0 saturated heterocycles. The molecule has 0 unspecified atom stereocenters. The highest BCUT2D eigenvalue weighted by atomic mass is 16.5. The van der Waals surface area contributed by atoms with Crippen LogP contribution >= 0.6 is 0 Å². The zero-order valence-electron chi connectivity index (χ0n) is 17.7. The smallest absolute Gasteiger partial charge is 0.255 e. The molecule has 1 N–H and O–H groups in total. The molecule has 0 fully saturated rings. The van der Waals surface area contributed by atoms with Crippen molar-refractivity contribution in [2.75, 3.05) is 12.4 Å². The van der Waals surface area contributed by atoms with Crippen molar-refractivity contribution in [2.24, 2.45) is 0 Å². The fourth-order valence-corrected chi connectivity index (χ4v) is 3.54. The maximum Gasteiger partial charge on any atom is 0.255 e. The van der Waals surface area contributed by atoms with Gasteiger partial charge in [-0.05, 0) is 53.8 Å². The highest BCUT2D eigenvalue weighted by molar-refractivity contribution is 6.04. The van der Waals surface area contributed by atoms with Gasteiger partial charge in [0.05, 0.1) is 7.11 Å². The maximum absolute atomic E-state index is 12.8. The molecule has 0 aliphatic heterocycles. The average Bonchev–Trinajstić information content (AvgIpc) is 2.83. The predicted molar refractivity (Wildman–Crippen MR) is 125 cm³/mol. The molecule has 0 aliphatic carbocycles. The first kappa shape index (κ1) is 20.5. The second-order valence-corrected chi connectivity index (χ2v) is 7.30. The first-order valence-electron chi connectivity index (χ1n) is 10.4. The van der Waals surface area contributed by atoms with Gasteiger partial charge in [0.2, 0.25) is 0 Å². The van der Waals surface area contributed by atoms with Gasteiger partial charge in [-0.1, -0.05) is 55.5 Å². The van der Waals surface area contributed by atoms with Crippen LogP contribution in [-0.4, -0.2) is 13.0 Å². The van der Waals surface area contributed by atoms with E-state index in [9.17, 15) is 4.79 Å². The monoisotopic (exact) mass is 411 g/mol. The Morgan fingerprint density at radius 3 is 2.42 bits per heavy atom. The summed E-state index contributed by atoms with van der Waals surface area (Å²) in [6.45, 7) is 2.40. The van der Waals surface area contributed by atoms with E-state index >= 15 is 0 Å². The lowest BCUT2D eigenvalue weighted by atomic mass is 10.1.